The molecule has 0 saturated carbocycles. The molecule has 6 nitrogen and oxygen atoms in total. The van der Waals surface area contributed by atoms with E-state index >= 15 is 0 Å². The number of nitrogens with zero attached hydrogens (tertiary/aromatic N) is 2. The van der Waals surface area contributed by atoms with E-state index in [9.17, 15) is 9.59 Å². The van der Waals surface area contributed by atoms with Crippen LogP contribution in [0, 0.1) is 0 Å². The second-order valence-corrected chi connectivity index (χ2v) is 5.24. The summed E-state index contributed by atoms with van der Waals surface area (Å²) < 4.78 is 0. The van der Waals surface area contributed by atoms with Gasteiger partial charge in [0, 0.05) is 31.4 Å². The number of urea groups is 1. The molecule has 21 heavy (non-hydrogen) atoms. The molecule has 0 radical (unpaired) electrons. The summed E-state index contributed by atoms with van der Waals surface area (Å²) in [6.45, 7) is 1.41. The number of aliphatic carboxylic acids is 1. The zero-order valence-corrected chi connectivity index (χ0v) is 11.9. The molecule has 0 aliphatic carbocycles. The van der Waals surface area contributed by atoms with Gasteiger partial charge in [0.1, 0.15) is 0 Å². The Morgan fingerprint density at radius 2 is 1.86 bits per heavy atom. The zero-order valence-electron chi connectivity index (χ0n) is 11.9. The van der Waals surface area contributed by atoms with Gasteiger partial charge in [-0.25, -0.2) is 4.79 Å². The van der Waals surface area contributed by atoms with Crippen LogP contribution in [0.25, 0.3) is 0 Å². The van der Waals surface area contributed by atoms with Crippen LogP contribution in [0.1, 0.15) is 19.3 Å². The number of rotatable bonds is 4. The molecule has 2 amide bonds. The largest absolute Gasteiger partial charge is 0.481 e. The molecule has 0 unspecified atom stereocenters. The van der Waals surface area contributed by atoms with Crippen LogP contribution in [0.4, 0.5) is 10.5 Å². The molecule has 0 aromatic heterocycles. The van der Waals surface area contributed by atoms with Gasteiger partial charge in [-0.05, 0) is 25.0 Å². The third kappa shape index (κ3) is 4.19. The molecule has 1 fully saturated rings. The van der Waals surface area contributed by atoms with Gasteiger partial charge in [-0.3, -0.25) is 9.69 Å². The fraction of sp³-hybridized carbons (Fsp3) is 0.467. The predicted octanol–water partition coefficient (Wildman–Crippen LogP) is 1.51. The Kier molecular flexibility index (Phi) is 5.16. The van der Waals surface area contributed by atoms with E-state index < -0.39 is 5.97 Å². The summed E-state index contributed by atoms with van der Waals surface area (Å²) in [6.07, 6.45) is 1.49. The Morgan fingerprint density at radius 1 is 1.24 bits per heavy atom. The molecule has 6 heteroatoms. The van der Waals surface area contributed by atoms with Crippen LogP contribution < -0.4 is 10.6 Å². The van der Waals surface area contributed by atoms with Crippen molar-refractivity contribution in [1.29, 1.82) is 0 Å². The van der Waals surface area contributed by atoms with Crippen molar-refractivity contribution in [3.05, 3.63) is 30.3 Å². The maximum absolute atomic E-state index is 12.6. The lowest BCUT2D eigenvalue weighted by Gasteiger charge is -2.34. The Balaban J connectivity index is 2.10. The fourth-order valence-corrected chi connectivity index (χ4v) is 2.41. The highest BCUT2D eigenvalue weighted by molar-refractivity contribution is 5.92. The topological polar surface area (TPSA) is 86.9 Å². The van der Waals surface area contributed by atoms with Gasteiger partial charge in [-0.2, -0.15) is 0 Å². The summed E-state index contributed by atoms with van der Waals surface area (Å²) in [5, 5.41) is 8.87. The second-order valence-electron chi connectivity index (χ2n) is 5.24. The number of nitrogens with two attached hydrogens (primary N) is 1. The molecular formula is C15H21N3O3. The standard InChI is InChI=1S/C15H21N3O3/c16-12-6-9-17(10-7-12)15(21)18(11-8-14(19)20)13-4-2-1-3-5-13/h1-5,12H,6-11,16H2,(H,19,20). The van der Waals surface area contributed by atoms with Gasteiger partial charge in [0.15, 0.2) is 0 Å². The van der Waals surface area contributed by atoms with Crippen molar-refractivity contribution in [1.82, 2.24) is 4.90 Å². The van der Waals surface area contributed by atoms with Crippen LogP contribution in [-0.4, -0.2) is 47.7 Å². The van der Waals surface area contributed by atoms with Gasteiger partial charge in [0.05, 0.1) is 6.42 Å². The molecular weight excluding hydrogens is 270 g/mol. The minimum Gasteiger partial charge on any atom is -0.481 e. The van der Waals surface area contributed by atoms with Crippen LogP contribution in [0.2, 0.25) is 0 Å². The highest BCUT2D eigenvalue weighted by Gasteiger charge is 2.26. The molecule has 1 aliphatic heterocycles. The number of para-hydroxylation sites is 1. The summed E-state index contributed by atoms with van der Waals surface area (Å²) in [4.78, 5) is 26.7. The fourth-order valence-electron chi connectivity index (χ4n) is 2.41. The first-order valence-corrected chi connectivity index (χ1v) is 7.17. The highest BCUT2D eigenvalue weighted by atomic mass is 16.4. The lowest BCUT2D eigenvalue weighted by molar-refractivity contribution is -0.136. The van der Waals surface area contributed by atoms with Crippen molar-refractivity contribution in [2.75, 3.05) is 24.5 Å². The molecule has 1 heterocycles. The van der Waals surface area contributed by atoms with Crippen LogP contribution in [0.15, 0.2) is 30.3 Å². The van der Waals surface area contributed by atoms with Gasteiger partial charge < -0.3 is 15.7 Å². The number of likely N-dealkylation sites (tertiary alicyclic amines) is 1. The van der Waals surface area contributed by atoms with E-state index in [1.807, 2.05) is 30.3 Å². The van der Waals surface area contributed by atoms with E-state index in [0.717, 1.165) is 18.5 Å². The van der Waals surface area contributed by atoms with Crippen molar-refractivity contribution in [3.63, 3.8) is 0 Å². The van der Waals surface area contributed by atoms with Gasteiger partial charge in [-0.1, -0.05) is 18.2 Å². The number of carboxylic acid groups (broad SMARTS) is 1. The molecule has 1 aromatic rings. The Labute approximate surface area is 124 Å². The number of carbonyl (C=O) groups excluding carboxylic acids is 1. The minimum absolute atomic E-state index is 0.0754. The normalized spacial score (nSPS) is 15.8. The molecule has 1 aromatic carbocycles. The number of benzene rings is 1. The number of piperidine rings is 1. The molecule has 0 atom stereocenters. The number of carbonyl (C=O) groups is 2. The first-order chi connectivity index (χ1) is 10.1. The van der Waals surface area contributed by atoms with Crippen LogP contribution >= 0.6 is 0 Å². The minimum atomic E-state index is -0.913. The first kappa shape index (κ1) is 15.3. The summed E-state index contributed by atoms with van der Waals surface area (Å²) in [7, 11) is 0. The molecule has 114 valence electrons. The van der Waals surface area contributed by atoms with Gasteiger partial charge in [-0.15, -0.1) is 0 Å². The zero-order chi connectivity index (χ0) is 15.2. The van der Waals surface area contributed by atoms with Crippen LogP contribution in [0.5, 0.6) is 0 Å². The maximum Gasteiger partial charge on any atom is 0.324 e. The van der Waals surface area contributed by atoms with E-state index in [4.69, 9.17) is 10.8 Å². The Bertz CT molecular complexity index is 484. The lowest BCUT2D eigenvalue weighted by atomic mass is 10.1. The van der Waals surface area contributed by atoms with Crippen LogP contribution in [0.3, 0.4) is 0 Å². The van der Waals surface area contributed by atoms with Crippen LogP contribution in [-0.2, 0) is 4.79 Å². The summed E-state index contributed by atoms with van der Waals surface area (Å²) in [5.74, 6) is -0.913. The van der Waals surface area contributed by atoms with E-state index in [0.29, 0.717) is 13.1 Å². The molecule has 0 spiro atoms. The SMILES string of the molecule is NC1CCN(C(=O)N(CCC(=O)O)c2ccccc2)CC1. The number of carboxylic acids is 1. The molecule has 1 saturated heterocycles. The van der Waals surface area contributed by atoms with Crippen molar-refractivity contribution >= 4 is 17.7 Å². The summed E-state index contributed by atoms with van der Waals surface area (Å²) in [5.41, 5.74) is 6.57. The van der Waals surface area contributed by atoms with Crippen molar-refractivity contribution in [2.24, 2.45) is 5.73 Å². The summed E-state index contributed by atoms with van der Waals surface area (Å²) in [6, 6.07) is 9.17. The molecule has 2 rings (SSSR count). The quantitative estimate of drug-likeness (QED) is 0.880. The smallest absolute Gasteiger partial charge is 0.324 e. The number of anilines is 1. The van der Waals surface area contributed by atoms with Gasteiger partial charge >= 0.3 is 12.0 Å². The third-order valence-corrected chi connectivity index (χ3v) is 3.66. The number of hydrogen-bond acceptors (Lipinski definition) is 3. The first-order valence-electron chi connectivity index (χ1n) is 7.17. The molecule has 1 aliphatic rings. The van der Waals surface area contributed by atoms with Gasteiger partial charge in [0.25, 0.3) is 0 Å². The summed E-state index contributed by atoms with van der Waals surface area (Å²) >= 11 is 0. The van der Waals surface area contributed by atoms with Crippen molar-refractivity contribution < 1.29 is 14.7 Å². The van der Waals surface area contributed by atoms with Gasteiger partial charge in [0.2, 0.25) is 0 Å². The highest BCUT2D eigenvalue weighted by Crippen LogP contribution is 2.18. The lowest BCUT2D eigenvalue weighted by Crippen LogP contribution is -2.49. The predicted molar refractivity (Wildman–Crippen MR) is 80.2 cm³/mol. The molecule has 3 N–H and O–H groups in total. The third-order valence-electron chi connectivity index (χ3n) is 3.66. The number of hydrogen-bond donors (Lipinski definition) is 2. The van der Waals surface area contributed by atoms with E-state index in [-0.39, 0.29) is 25.0 Å². The van der Waals surface area contributed by atoms with E-state index in [1.54, 1.807) is 4.90 Å². The number of amides is 2. The monoisotopic (exact) mass is 291 g/mol. The molecule has 0 bridgehead atoms. The van der Waals surface area contributed by atoms with Crippen molar-refractivity contribution in [3.8, 4) is 0 Å². The van der Waals surface area contributed by atoms with Crippen molar-refractivity contribution in [2.45, 2.75) is 25.3 Å². The second kappa shape index (κ2) is 7.08. The average molecular weight is 291 g/mol. The van der Waals surface area contributed by atoms with E-state index in [2.05, 4.69) is 0 Å². The average Bonchev–Trinajstić information content (AvgIpc) is 2.49. The maximum atomic E-state index is 12.6. The Morgan fingerprint density at radius 3 is 2.43 bits per heavy atom. The van der Waals surface area contributed by atoms with E-state index in [1.165, 1.54) is 4.90 Å². The Hall–Kier alpha value is -2.08.